The van der Waals surface area contributed by atoms with Crippen molar-refractivity contribution in [1.82, 2.24) is 0 Å². The lowest BCUT2D eigenvalue weighted by Crippen LogP contribution is -2.33. The molecule has 0 fully saturated rings. The number of methoxy groups -OCH3 is 1. The van der Waals surface area contributed by atoms with E-state index in [4.69, 9.17) is 19.7 Å². The Kier molecular flexibility index (Phi) is 12.6. The number of hydrogen-bond donors (Lipinski definition) is 1. The molecule has 0 saturated heterocycles. The molecule has 0 aromatic carbocycles. The van der Waals surface area contributed by atoms with Crippen LogP contribution in [-0.4, -0.2) is 56.6 Å². The van der Waals surface area contributed by atoms with Crippen LogP contribution < -0.4 is 0 Å². The number of carbonyl (C=O) groups excluding carboxylic acids is 2. The third-order valence-electron chi connectivity index (χ3n) is 4.18. The summed E-state index contributed by atoms with van der Waals surface area (Å²) in [5.74, 6) is -1.96. The molecule has 3 atom stereocenters. The van der Waals surface area contributed by atoms with Crippen molar-refractivity contribution in [3.8, 4) is 6.07 Å². The van der Waals surface area contributed by atoms with E-state index in [0.717, 1.165) is 0 Å². The smallest absolute Gasteiger partial charge is 0.311 e. The highest BCUT2D eigenvalue weighted by atomic mass is 16.6. The van der Waals surface area contributed by atoms with Crippen molar-refractivity contribution in [3.05, 3.63) is 10.4 Å². The lowest BCUT2D eigenvalue weighted by Gasteiger charge is -2.26. The van der Waals surface area contributed by atoms with E-state index in [2.05, 4.69) is 16.1 Å². The molecule has 0 aliphatic rings. The average Bonchev–Trinajstić information content (AvgIpc) is 2.67. The molecule has 0 aromatic rings. The van der Waals surface area contributed by atoms with Crippen LogP contribution in [0.2, 0.25) is 0 Å². The highest BCUT2D eigenvalue weighted by molar-refractivity contribution is 5.76. The number of nitrogens with zero attached hydrogens (tertiary/aromatic N) is 4. The zero-order chi connectivity index (χ0) is 21.6. The van der Waals surface area contributed by atoms with E-state index in [-0.39, 0.29) is 38.6 Å². The van der Waals surface area contributed by atoms with E-state index in [1.165, 1.54) is 7.11 Å². The molecule has 3 unspecified atom stereocenters. The van der Waals surface area contributed by atoms with Crippen molar-refractivity contribution >= 4 is 11.9 Å². The second kappa shape index (κ2) is 13.8. The summed E-state index contributed by atoms with van der Waals surface area (Å²) in [6.07, 6.45) is -0.111. The molecule has 0 aliphatic heterocycles. The van der Waals surface area contributed by atoms with Crippen LogP contribution in [0.4, 0.5) is 0 Å². The van der Waals surface area contributed by atoms with Gasteiger partial charge in [0.1, 0.15) is 13.2 Å². The van der Waals surface area contributed by atoms with Crippen LogP contribution in [0.5, 0.6) is 0 Å². The fraction of sp³-hybridized carbons (Fsp3) is 0.833. The molecule has 0 saturated carbocycles. The Bertz CT molecular complexity index is 583. The molecule has 0 heterocycles. The predicted octanol–water partition coefficient (Wildman–Crippen LogP) is 2.36. The molecular weight excluding hydrogens is 368 g/mol. The van der Waals surface area contributed by atoms with Crippen LogP contribution in [-0.2, 0) is 23.8 Å². The van der Waals surface area contributed by atoms with Crippen LogP contribution in [0.3, 0.4) is 0 Å². The molecule has 0 rings (SSSR count). The van der Waals surface area contributed by atoms with Crippen molar-refractivity contribution in [3.63, 3.8) is 0 Å². The minimum absolute atomic E-state index is 0.152. The van der Waals surface area contributed by atoms with Gasteiger partial charge in [0.2, 0.25) is 0 Å². The Balaban J connectivity index is 4.73. The summed E-state index contributed by atoms with van der Waals surface area (Å²) in [5.41, 5.74) is 7.22. The minimum Gasteiger partial charge on any atom is -0.463 e. The molecule has 1 N–H and O–H groups in total. The number of rotatable bonds is 14. The van der Waals surface area contributed by atoms with Crippen molar-refractivity contribution < 1.29 is 28.9 Å². The number of carbonyl (C=O) groups is 2. The molecule has 0 amide bonds. The fourth-order valence-electron chi connectivity index (χ4n) is 2.55. The largest absolute Gasteiger partial charge is 0.463 e. The Labute approximate surface area is 165 Å². The lowest BCUT2D eigenvalue weighted by molar-refractivity contribution is -0.157. The number of aliphatic hydroxyl groups excluding tert-OH is 1. The molecule has 0 bridgehead atoms. The van der Waals surface area contributed by atoms with Gasteiger partial charge in [-0.05, 0) is 38.6 Å². The summed E-state index contributed by atoms with van der Waals surface area (Å²) >= 11 is 0. The van der Waals surface area contributed by atoms with Gasteiger partial charge in [-0.2, -0.15) is 5.26 Å². The lowest BCUT2D eigenvalue weighted by atomic mass is 9.79. The van der Waals surface area contributed by atoms with Gasteiger partial charge in [-0.15, -0.1) is 0 Å². The topological polar surface area (TPSA) is 155 Å². The number of esters is 2. The van der Waals surface area contributed by atoms with Gasteiger partial charge >= 0.3 is 11.9 Å². The highest BCUT2D eigenvalue weighted by Gasteiger charge is 2.34. The molecule has 158 valence electrons. The Morgan fingerprint density at radius 2 is 2.00 bits per heavy atom. The van der Waals surface area contributed by atoms with Crippen LogP contribution >= 0.6 is 0 Å². The van der Waals surface area contributed by atoms with Gasteiger partial charge in [-0.25, -0.2) is 0 Å². The van der Waals surface area contributed by atoms with Gasteiger partial charge in [0, 0.05) is 17.9 Å². The van der Waals surface area contributed by atoms with Crippen LogP contribution in [0.1, 0.15) is 40.0 Å². The van der Waals surface area contributed by atoms with Crippen molar-refractivity contribution in [2.75, 3.05) is 33.5 Å². The van der Waals surface area contributed by atoms with E-state index >= 15 is 0 Å². The Morgan fingerprint density at radius 1 is 1.32 bits per heavy atom. The first-order valence-corrected chi connectivity index (χ1v) is 9.13. The van der Waals surface area contributed by atoms with Gasteiger partial charge in [0.25, 0.3) is 0 Å². The maximum Gasteiger partial charge on any atom is 0.311 e. The Morgan fingerprint density at radius 3 is 2.54 bits per heavy atom. The maximum absolute atomic E-state index is 12.3. The van der Waals surface area contributed by atoms with Crippen molar-refractivity contribution in [2.45, 2.75) is 46.1 Å². The fourth-order valence-corrected chi connectivity index (χ4v) is 2.55. The zero-order valence-electron chi connectivity index (χ0n) is 17.0. The van der Waals surface area contributed by atoms with Crippen molar-refractivity contribution in [1.29, 1.82) is 5.26 Å². The predicted molar refractivity (Wildman–Crippen MR) is 99.7 cm³/mol. The minimum atomic E-state index is -1.09. The Hall–Kier alpha value is -2.34. The first-order valence-electron chi connectivity index (χ1n) is 9.13. The molecule has 0 aliphatic carbocycles. The first-order chi connectivity index (χ1) is 13.2. The third kappa shape index (κ3) is 10.1. The molecule has 28 heavy (non-hydrogen) atoms. The second-order valence-corrected chi connectivity index (χ2v) is 7.08. The average molecular weight is 398 g/mol. The molecule has 0 aromatic heterocycles. The number of nitriles is 1. The summed E-state index contributed by atoms with van der Waals surface area (Å²) in [4.78, 5) is 26.9. The normalized spacial score (nSPS) is 14.1. The zero-order valence-corrected chi connectivity index (χ0v) is 17.0. The molecule has 10 nitrogen and oxygen atoms in total. The number of ether oxygens (including phenoxy) is 3. The molecule has 0 spiro atoms. The summed E-state index contributed by atoms with van der Waals surface area (Å²) in [5, 5.41) is 22.2. The standard InChI is InChI=1S/C18H30N4O6/c1-5-14(16(24)27-7-6-26-4)8-13(10-19)9-18(2,3)17(25)28-12-15(23)11-21-22-20/h13-15,23H,5-9,11-12H2,1-4H3. The van der Waals surface area contributed by atoms with E-state index in [1.807, 2.05) is 6.92 Å². The third-order valence-corrected chi connectivity index (χ3v) is 4.18. The van der Waals surface area contributed by atoms with Crippen LogP contribution in [0.15, 0.2) is 5.11 Å². The molecular formula is C18H30N4O6. The number of aliphatic hydroxyl groups is 1. The first kappa shape index (κ1) is 25.7. The number of hydrogen-bond acceptors (Lipinski definition) is 8. The van der Waals surface area contributed by atoms with Crippen LogP contribution in [0, 0.1) is 28.6 Å². The monoisotopic (exact) mass is 398 g/mol. The summed E-state index contributed by atoms with van der Waals surface area (Å²) in [7, 11) is 1.51. The van der Waals surface area contributed by atoms with Crippen molar-refractivity contribution in [2.24, 2.45) is 22.4 Å². The van der Waals surface area contributed by atoms with Gasteiger partial charge < -0.3 is 19.3 Å². The highest BCUT2D eigenvalue weighted by Crippen LogP contribution is 2.31. The van der Waals surface area contributed by atoms with Gasteiger partial charge in [0.05, 0.1) is 36.7 Å². The molecule has 10 heteroatoms. The van der Waals surface area contributed by atoms with Gasteiger partial charge in [-0.3, -0.25) is 9.59 Å². The van der Waals surface area contributed by atoms with E-state index < -0.39 is 29.3 Å². The van der Waals surface area contributed by atoms with Crippen LogP contribution in [0.25, 0.3) is 10.4 Å². The second-order valence-electron chi connectivity index (χ2n) is 7.08. The van der Waals surface area contributed by atoms with E-state index in [1.54, 1.807) is 13.8 Å². The quantitative estimate of drug-likeness (QED) is 0.155. The summed E-state index contributed by atoms with van der Waals surface area (Å²) in [6, 6.07) is 2.15. The van der Waals surface area contributed by atoms with E-state index in [9.17, 15) is 20.0 Å². The molecule has 0 radical (unpaired) electrons. The maximum atomic E-state index is 12.3. The SMILES string of the molecule is CCC(CC(C#N)CC(C)(C)C(=O)OCC(O)CN=[N+]=[N-])C(=O)OCCOC. The van der Waals surface area contributed by atoms with E-state index in [0.29, 0.717) is 13.0 Å². The number of azide groups is 1. The van der Waals surface area contributed by atoms with Gasteiger partial charge in [0.15, 0.2) is 0 Å². The summed E-state index contributed by atoms with van der Waals surface area (Å²) in [6.45, 7) is 5.06. The summed E-state index contributed by atoms with van der Waals surface area (Å²) < 4.78 is 15.0. The van der Waals surface area contributed by atoms with Gasteiger partial charge in [-0.1, -0.05) is 12.0 Å².